The monoisotopic (exact) mass is 689 g/mol. The highest BCUT2D eigenvalue weighted by molar-refractivity contribution is 6.28. The van der Waals surface area contributed by atoms with Gasteiger partial charge in [0.1, 0.15) is 0 Å². The van der Waals surface area contributed by atoms with Crippen molar-refractivity contribution >= 4 is 54.4 Å². The first-order valence-corrected chi connectivity index (χ1v) is 18.2. The summed E-state index contributed by atoms with van der Waals surface area (Å²) in [5.41, 5.74) is 9.71. The molecular weight excluding hydrogens is 659 g/mol. The number of nitrogens with zero attached hydrogens (tertiary/aromatic N) is 5. The van der Waals surface area contributed by atoms with Crippen molar-refractivity contribution in [1.29, 1.82) is 0 Å². The zero-order valence-corrected chi connectivity index (χ0v) is 29.1. The summed E-state index contributed by atoms with van der Waals surface area (Å²) in [6.07, 6.45) is 0. The van der Waals surface area contributed by atoms with Crippen LogP contribution >= 0.6 is 0 Å². The minimum absolute atomic E-state index is 0.633. The Morgan fingerprint density at radius 1 is 0.296 bits per heavy atom. The van der Waals surface area contributed by atoms with Crippen LogP contribution < -0.4 is 0 Å². The molecule has 0 spiro atoms. The van der Waals surface area contributed by atoms with Gasteiger partial charge in [0.15, 0.2) is 17.5 Å². The summed E-state index contributed by atoms with van der Waals surface area (Å²) in [6, 6.07) is 66.2. The molecule has 3 heterocycles. The second-order valence-electron chi connectivity index (χ2n) is 13.6. The number of benzene rings is 8. The topological polar surface area (TPSA) is 48.5 Å². The predicted molar refractivity (Wildman–Crippen MR) is 222 cm³/mol. The first-order chi connectivity index (χ1) is 26.8. The largest absolute Gasteiger partial charge is 0.307 e. The first-order valence-electron chi connectivity index (χ1n) is 18.2. The lowest BCUT2D eigenvalue weighted by Crippen LogP contribution is -2.01. The summed E-state index contributed by atoms with van der Waals surface area (Å²) in [6.45, 7) is 0. The van der Waals surface area contributed by atoms with E-state index in [0.29, 0.717) is 17.5 Å². The molecule has 5 nitrogen and oxygen atoms in total. The molecule has 0 radical (unpaired) electrons. The summed E-state index contributed by atoms with van der Waals surface area (Å²) >= 11 is 0. The van der Waals surface area contributed by atoms with Gasteiger partial charge < -0.3 is 9.13 Å². The highest BCUT2D eigenvalue weighted by atomic mass is 15.1. The van der Waals surface area contributed by atoms with Crippen molar-refractivity contribution in [2.45, 2.75) is 0 Å². The molecule has 0 N–H and O–H groups in total. The summed E-state index contributed by atoms with van der Waals surface area (Å²) in [5, 5.41) is 7.38. The standard InChI is InChI=1S/C49H31N5/c1-4-15-33(16-5-1)47-50-48(34-17-6-2-7-18-34)52-49(51-47)35-24-27-37(28-25-35)54-43-31-26-32-14-10-11-21-38(32)44(43)41-30-29-40-39-22-12-13-23-42(39)53(45(40)46(41)54)36-19-8-3-9-20-36/h1-31H. The van der Waals surface area contributed by atoms with Gasteiger partial charge >= 0.3 is 0 Å². The van der Waals surface area contributed by atoms with Crippen molar-refractivity contribution < 1.29 is 0 Å². The van der Waals surface area contributed by atoms with Crippen molar-refractivity contribution in [3.8, 4) is 45.5 Å². The zero-order valence-electron chi connectivity index (χ0n) is 29.1. The molecule has 0 saturated heterocycles. The molecule has 0 atom stereocenters. The van der Waals surface area contributed by atoms with Crippen LogP contribution in [0.4, 0.5) is 0 Å². The molecule has 5 heteroatoms. The quantitative estimate of drug-likeness (QED) is 0.181. The Balaban J connectivity index is 1.19. The first kappa shape index (κ1) is 30.3. The van der Waals surface area contributed by atoms with Gasteiger partial charge in [0.25, 0.3) is 0 Å². The Kier molecular flexibility index (Phi) is 6.79. The van der Waals surface area contributed by atoms with E-state index in [1.165, 1.54) is 48.9 Å². The molecule has 8 aromatic carbocycles. The van der Waals surface area contributed by atoms with Gasteiger partial charge in [-0.3, -0.25) is 0 Å². The number of fused-ring (bicyclic) bond motifs is 9. The van der Waals surface area contributed by atoms with Gasteiger partial charge in [0, 0.05) is 49.6 Å². The molecule has 0 amide bonds. The van der Waals surface area contributed by atoms with E-state index in [-0.39, 0.29) is 0 Å². The van der Waals surface area contributed by atoms with Crippen molar-refractivity contribution in [1.82, 2.24) is 24.1 Å². The minimum Gasteiger partial charge on any atom is -0.307 e. The maximum atomic E-state index is 5.00. The number of hydrogen-bond acceptors (Lipinski definition) is 3. The average molecular weight is 690 g/mol. The van der Waals surface area contributed by atoms with Crippen LogP contribution in [-0.4, -0.2) is 24.1 Å². The van der Waals surface area contributed by atoms with Crippen molar-refractivity contribution in [2.24, 2.45) is 0 Å². The minimum atomic E-state index is 0.633. The summed E-state index contributed by atoms with van der Waals surface area (Å²) in [5.74, 6) is 1.93. The maximum Gasteiger partial charge on any atom is 0.164 e. The van der Waals surface area contributed by atoms with Crippen LogP contribution in [0.25, 0.3) is 99.9 Å². The van der Waals surface area contributed by atoms with Crippen molar-refractivity contribution in [3.63, 3.8) is 0 Å². The second kappa shape index (κ2) is 12.1. The number of para-hydroxylation sites is 2. The second-order valence-corrected chi connectivity index (χ2v) is 13.6. The molecule has 0 fully saturated rings. The van der Waals surface area contributed by atoms with E-state index < -0.39 is 0 Å². The molecule has 3 aromatic heterocycles. The third-order valence-electron chi connectivity index (χ3n) is 10.5. The SMILES string of the molecule is c1ccc(-c2nc(-c3ccccc3)nc(-c3ccc(-n4c5ccc6ccccc6c5c5ccc6c7ccccc7n(-c7ccccc7)c6c54)cc3)n2)cc1. The molecule has 0 aliphatic heterocycles. The molecule has 252 valence electrons. The Morgan fingerprint density at radius 3 is 1.44 bits per heavy atom. The molecule has 11 rings (SSSR count). The van der Waals surface area contributed by atoms with Crippen LogP contribution in [0.1, 0.15) is 0 Å². The third kappa shape index (κ3) is 4.69. The van der Waals surface area contributed by atoms with Gasteiger partial charge in [-0.15, -0.1) is 0 Å². The van der Waals surface area contributed by atoms with Crippen LogP contribution in [0.2, 0.25) is 0 Å². The summed E-state index contributed by atoms with van der Waals surface area (Å²) in [7, 11) is 0. The summed E-state index contributed by atoms with van der Waals surface area (Å²) in [4.78, 5) is 14.9. The van der Waals surface area contributed by atoms with Gasteiger partial charge in [-0.1, -0.05) is 140 Å². The molecule has 54 heavy (non-hydrogen) atoms. The van der Waals surface area contributed by atoms with Gasteiger partial charge in [-0.25, -0.2) is 15.0 Å². The van der Waals surface area contributed by atoms with Crippen LogP contribution in [-0.2, 0) is 0 Å². The molecule has 0 aliphatic rings. The van der Waals surface area contributed by atoms with E-state index in [0.717, 1.165) is 33.6 Å². The molecule has 0 aliphatic carbocycles. The maximum absolute atomic E-state index is 5.00. The average Bonchev–Trinajstić information content (AvgIpc) is 3.78. The Bertz CT molecular complexity index is 3120. The van der Waals surface area contributed by atoms with Crippen molar-refractivity contribution in [3.05, 3.63) is 188 Å². The fraction of sp³-hybridized carbons (Fsp3) is 0. The fourth-order valence-electron chi connectivity index (χ4n) is 8.13. The van der Waals surface area contributed by atoms with E-state index in [2.05, 4.69) is 137 Å². The zero-order chi connectivity index (χ0) is 35.6. The number of aromatic nitrogens is 5. The van der Waals surface area contributed by atoms with Crippen LogP contribution in [0.3, 0.4) is 0 Å². The third-order valence-corrected chi connectivity index (χ3v) is 10.5. The summed E-state index contributed by atoms with van der Waals surface area (Å²) < 4.78 is 4.87. The number of rotatable bonds is 5. The van der Waals surface area contributed by atoms with E-state index in [1.54, 1.807) is 0 Å². The lowest BCUT2D eigenvalue weighted by molar-refractivity contribution is 1.07. The van der Waals surface area contributed by atoms with E-state index >= 15 is 0 Å². The molecule has 0 bridgehead atoms. The lowest BCUT2D eigenvalue weighted by atomic mass is 10.0. The van der Waals surface area contributed by atoms with E-state index in [1.807, 2.05) is 60.7 Å². The van der Waals surface area contributed by atoms with Gasteiger partial charge in [-0.05, 0) is 59.3 Å². The molecule has 11 aromatic rings. The number of hydrogen-bond donors (Lipinski definition) is 0. The van der Waals surface area contributed by atoms with Gasteiger partial charge in [0.05, 0.1) is 22.1 Å². The Labute approximate surface area is 311 Å². The van der Waals surface area contributed by atoms with Crippen LogP contribution in [0, 0.1) is 0 Å². The van der Waals surface area contributed by atoms with Gasteiger partial charge in [-0.2, -0.15) is 0 Å². The van der Waals surface area contributed by atoms with E-state index in [9.17, 15) is 0 Å². The highest BCUT2D eigenvalue weighted by Crippen LogP contribution is 2.43. The van der Waals surface area contributed by atoms with Crippen LogP contribution in [0.5, 0.6) is 0 Å². The highest BCUT2D eigenvalue weighted by Gasteiger charge is 2.22. The molecular formula is C49H31N5. The lowest BCUT2D eigenvalue weighted by Gasteiger charge is -2.13. The normalized spacial score (nSPS) is 11.7. The smallest absolute Gasteiger partial charge is 0.164 e. The fourth-order valence-corrected chi connectivity index (χ4v) is 8.13. The van der Waals surface area contributed by atoms with Crippen LogP contribution in [0.15, 0.2) is 188 Å². The van der Waals surface area contributed by atoms with Gasteiger partial charge in [0.2, 0.25) is 0 Å². The predicted octanol–water partition coefficient (Wildman–Crippen LogP) is 12.2. The molecule has 0 unspecified atom stereocenters. The Hall–Kier alpha value is -7.37. The van der Waals surface area contributed by atoms with E-state index in [4.69, 9.17) is 15.0 Å². The molecule has 0 saturated carbocycles. The Morgan fingerprint density at radius 2 is 0.778 bits per heavy atom. The van der Waals surface area contributed by atoms with Crippen molar-refractivity contribution in [2.75, 3.05) is 0 Å².